The summed E-state index contributed by atoms with van der Waals surface area (Å²) in [5.41, 5.74) is 1.62. The van der Waals surface area contributed by atoms with Crippen molar-refractivity contribution in [3.05, 3.63) is 59.1 Å². The number of alkyl halides is 3. The zero-order valence-electron chi connectivity index (χ0n) is 17.7. The molecule has 5 aromatic rings. The first-order chi connectivity index (χ1) is 16.2. The van der Waals surface area contributed by atoms with Crippen LogP contribution >= 0.6 is 23.4 Å². The van der Waals surface area contributed by atoms with Gasteiger partial charge in [-0.05, 0) is 30.0 Å². The van der Waals surface area contributed by atoms with Crippen molar-refractivity contribution in [3.63, 3.8) is 0 Å². The van der Waals surface area contributed by atoms with Crippen LogP contribution in [0.1, 0.15) is 12.5 Å². The normalized spacial score (nSPS) is 12.2. The van der Waals surface area contributed by atoms with Crippen molar-refractivity contribution in [1.29, 1.82) is 0 Å². The molecule has 0 saturated heterocycles. The second-order valence-corrected chi connectivity index (χ2v) is 9.03. The fourth-order valence-electron chi connectivity index (χ4n) is 3.69. The number of thioether (sulfide) groups is 1. The van der Waals surface area contributed by atoms with Gasteiger partial charge in [0.1, 0.15) is 22.2 Å². The predicted octanol–water partition coefficient (Wildman–Crippen LogP) is 6.27. The molecule has 34 heavy (non-hydrogen) atoms. The highest BCUT2D eigenvalue weighted by Gasteiger charge is 2.32. The van der Waals surface area contributed by atoms with Crippen LogP contribution in [0.2, 0.25) is 5.02 Å². The van der Waals surface area contributed by atoms with E-state index in [2.05, 4.69) is 20.1 Å². The van der Waals surface area contributed by atoms with Gasteiger partial charge in [-0.1, -0.05) is 24.6 Å². The van der Waals surface area contributed by atoms with Crippen molar-refractivity contribution in [3.8, 4) is 22.6 Å². The molecule has 0 aliphatic heterocycles. The molecular weight excluding hydrogens is 492 g/mol. The molecule has 0 bridgehead atoms. The number of hydrogen-bond donors (Lipinski definition) is 0. The van der Waals surface area contributed by atoms with Crippen LogP contribution in [0.25, 0.3) is 39.5 Å². The second kappa shape index (κ2) is 8.24. The summed E-state index contributed by atoms with van der Waals surface area (Å²) in [6, 6.07) is 7.10. The zero-order valence-corrected chi connectivity index (χ0v) is 19.3. The van der Waals surface area contributed by atoms with E-state index in [1.54, 1.807) is 34.5 Å². The minimum atomic E-state index is -4.53. The Bertz CT molecular complexity index is 1560. The average molecular weight is 507 g/mol. The fourth-order valence-corrected chi connectivity index (χ4v) is 4.55. The van der Waals surface area contributed by atoms with Crippen LogP contribution in [0.4, 0.5) is 17.6 Å². The van der Waals surface area contributed by atoms with E-state index in [9.17, 15) is 17.6 Å². The molecule has 0 N–H and O–H groups in total. The number of benzene rings is 1. The first kappa shape index (κ1) is 22.6. The van der Waals surface area contributed by atoms with Crippen LogP contribution < -0.4 is 0 Å². The Hall–Kier alpha value is -3.18. The summed E-state index contributed by atoms with van der Waals surface area (Å²) in [6.07, 6.45) is -2.18. The Kier molecular flexibility index (Phi) is 5.48. The monoisotopic (exact) mass is 506 g/mol. The standard InChI is InChI=1S/C22H15ClF4N6S/c1-3-34-21-17(20-30-15-9-12(22(25,26)27)10-29-18(15)32(20)2)19-28-7-6-16(33(19)31-21)11-4-5-13(23)14(24)8-11/h4-10H,3H2,1-2H3. The first-order valence-electron chi connectivity index (χ1n) is 10.0. The van der Waals surface area contributed by atoms with E-state index >= 15 is 0 Å². The molecule has 174 valence electrons. The molecule has 0 unspecified atom stereocenters. The van der Waals surface area contributed by atoms with Crippen molar-refractivity contribution < 1.29 is 17.6 Å². The number of pyridine rings is 1. The van der Waals surface area contributed by atoms with Gasteiger partial charge in [0.05, 0.1) is 21.8 Å². The van der Waals surface area contributed by atoms with Gasteiger partial charge in [0.25, 0.3) is 0 Å². The van der Waals surface area contributed by atoms with Crippen LogP contribution in [0, 0.1) is 5.82 Å². The topological polar surface area (TPSA) is 60.9 Å². The van der Waals surface area contributed by atoms with Crippen molar-refractivity contribution in [2.24, 2.45) is 7.05 Å². The number of rotatable bonds is 4. The maximum Gasteiger partial charge on any atom is 0.417 e. The molecule has 6 nitrogen and oxygen atoms in total. The SMILES string of the molecule is CCSc1nn2c(-c3ccc(Cl)c(F)c3)ccnc2c1-c1nc2cc(C(F)(F)F)cnc2n1C. The van der Waals surface area contributed by atoms with Crippen LogP contribution in [0.15, 0.2) is 47.8 Å². The lowest BCUT2D eigenvalue weighted by Gasteiger charge is -2.06. The molecule has 0 fully saturated rings. The van der Waals surface area contributed by atoms with Gasteiger partial charge < -0.3 is 4.57 Å². The van der Waals surface area contributed by atoms with Gasteiger partial charge in [-0.3, -0.25) is 0 Å². The van der Waals surface area contributed by atoms with E-state index in [0.29, 0.717) is 44.7 Å². The van der Waals surface area contributed by atoms with E-state index < -0.39 is 17.6 Å². The van der Waals surface area contributed by atoms with Crippen molar-refractivity contribution in [2.45, 2.75) is 18.1 Å². The van der Waals surface area contributed by atoms with Crippen LogP contribution in [-0.2, 0) is 13.2 Å². The van der Waals surface area contributed by atoms with Gasteiger partial charge in [-0.15, -0.1) is 11.8 Å². The third-order valence-corrected chi connectivity index (χ3v) is 6.40. The van der Waals surface area contributed by atoms with Gasteiger partial charge in [0.2, 0.25) is 0 Å². The summed E-state index contributed by atoms with van der Waals surface area (Å²) >= 11 is 7.27. The van der Waals surface area contributed by atoms with Crippen molar-refractivity contribution in [2.75, 3.05) is 5.75 Å². The molecule has 4 aromatic heterocycles. The lowest BCUT2D eigenvalue weighted by Crippen LogP contribution is -2.05. The van der Waals surface area contributed by atoms with E-state index in [0.717, 1.165) is 12.3 Å². The molecule has 0 radical (unpaired) electrons. The minimum absolute atomic E-state index is 0.00265. The van der Waals surface area contributed by atoms with Crippen LogP contribution in [-0.4, -0.2) is 34.9 Å². The van der Waals surface area contributed by atoms with Crippen molar-refractivity contribution in [1.82, 2.24) is 29.1 Å². The quantitative estimate of drug-likeness (QED) is 0.212. The van der Waals surface area contributed by atoms with Crippen LogP contribution in [0.3, 0.4) is 0 Å². The lowest BCUT2D eigenvalue weighted by molar-refractivity contribution is -0.137. The molecule has 0 atom stereocenters. The van der Waals surface area contributed by atoms with Crippen molar-refractivity contribution >= 4 is 40.2 Å². The third-order valence-electron chi connectivity index (χ3n) is 5.24. The van der Waals surface area contributed by atoms with Gasteiger partial charge in [0.15, 0.2) is 11.3 Å². The molecule has 0 spiro atoms. The zero-order chi connectivity index (χ0) is 24.2. The molecular formula is C22H15ClF4N6S. The third kappa shape index (κ3) is 3.68. The van der Waals surface area contributed by atoms with E-state index in [4.69, 9.17) is 11.6 Å². The number of nitrogens with zero attached hydrogens (tertiary/aromatic N) is 6. The maximum atomic E-state index is 14.1. The summed E-state index contributed by atoms with van der Waals surface area (Å²) in [6.45, 7) is 1.95. The predicted molar refractivity (Wildman–Crippen MR) is 122 cm³/mol. The Balaban J connectivity index is 1.76. The molecule has 5 rings (SSSR count). The van der Waals surface area contributed by atoms with Crippen LogP contribution in [0.5, 0.6) is 0 Å². The first-order valence-corrected chi connectivity index (χ1v) is 11.4. The van der Waals surface area contributed by atoms with E-state index in [1.807, 2.05) is 6.92 Å². The number of aromatic nitrogens is 6. The highest BCUT2D eigenvalue weighted by atomic mass is 35.5. The number of imidazole rings is 1. The summed E-state index contributed by atoms with van der Waals surface area (Å²) in [4.78, 5) is 12.9. The number of fused-ring (bicyclic) bond motifs is 2. The second-order valence-electron chi connectivity index (χ2n) is 7.37. The smallest absolute Gasteiger partial charge is 0.312 e. The lowest BCUT2D eigenvalue weighted by atomic mass is 10.1. The molecule has 0 amide bonds. The molecule has 12 heteroatoms. The van der Waals surface area contributed by atoms with Gasteiger partial charge in [0, 0.05) is 25.0 Å². The minimum Gasteiger partial charge on any atom is -0.312 e. The number of aryl methyl sites for hydroxylation is 1. The Morgan fingerprint density at radius 1 is 1.09 bits per heavy atom. The molecule has 0 aliphatic carbocycles. The Morgan fingerprint density at radius 3 is 2.59 bits per heavy atom. The fraction of sp³-hybridized carbons (Fsp3) is 0.182. The molecule has 4 heterocycles. The molecule has 1 aromatic carbocycles. The summed E-state index contributed by atoms with van der Waals surface area (Å²) in [7, 11) is 1.67. The molecule has 0 aliphatic rings. The van der Waals surface area contributed by atoms with Gasteiger partial charge in [-0.25, -0.2) is 23.9 Å². The Morgan fingerprint density at radius 2 is 1.88 bits per heavy atom. The summed E-state index contributed by atoms with van der Waals surface area (Å²) in [5.74, 6) is 0.489. The average Bonchev–Trinajstić information content (AvgIpc) is 3.32. The largest absolute Gasteiger partial charge is 0.417 e. The van der Waals surface area contributed by atoms with E-state index in [1.165, 1.54) is 23.9 Å². The Labute approximate surface area is 199 Å². The number of hydrogen-bond acceptors (Lipinski definition) is 5. The number of halogens is 5. The highest BCUT2D eigenvalue weighted by molar-refractivity contribution is 7.99. The van der Waals surface area contributed by atoms with E-state index in [-0.39, 0.29) is 10.5 Å². The maximum absolute atomic E-state index is 14.1. The highest BCUT2D eigenvalue weighted by Crippen LogP contribution is 2.37. The van der Waals surface area contributed by atoms with Gasteiger partial charge >= 0.3 is 6.18 Å². The van der Waals surface area contributed by atoms with Gasteiger partial charge in [-0.2, -0.15) is 18.3 Å². The molecule has 0 saturated carbocycles. The summed E-state index contributed by atoms with van der Waals surface area (Å²) in [5, 5.41) is 5.28. The summed E-state index contributed by atoms with van der Waals surface area (Å²) < 4.78 is 56.9.